The van der Waals surface area contributed by atoms with Gasteiger partial charge < -0.3 is 28.5 Å². The number of hydrogen-bond acceptors (Lipinski definition) is 7. The lowest BCUT2D eigenvalue weighted by Crippen LogP contribution is -2.47. The summed E-state index contributed by atoms with van der Waals surface area (Å²) in [6.07, 6.45) is 77.6. The van der Waals surface area contributed by atoms with Crippen LogP contribution in [0.2, 0.25) is 0 Å². The number of phosphoric ester groups is 1. The van der Waals surface area contributed by atoms with E-state index in [2.05, 4.69) is 74.7 Å². The quantitative estimate of drug-likeness (QED) is 0.0212. The molecule has 0 spiro atoms. The second-order valence-electron chi connectivity index (χ2n) is 24.7. The lowest BCUT2D eigenvalue weighted by molar-refractivity contribution is -0.870. The largest absolute Gasteiger partial charge is 0.756 e. The van der Waals surface area contributed by atoms with Crippen LogP contribution in [0.3, 0.4) is 0 Å². The molecule has 81 heavy (non-hydrogen) atoms. The van der Waals surface area contributed by atoms with E-state index < -0.39 is 20.0 Å². The Balaban J connectivity index is 5.07. The molecule has 10 heteroatoms. The van der Waals surface area contributed by atoms with Crippen LogP contribution < -0.4 is 10.2 Å². The number of nitrogens with one attached hydrogen (secondary N) is 1. The van der Waals surface area contributed by atoms with E-state index in [1.54, 1.807) is 0 Å². The van der Waals surface area contributed by atoms with Crippen LogP contribution in [0.25, 0.3) is 0 Å². The van der Waals surface area contributed by atoms with Crippen LogP contribution in [-0.2, 0) is 27.9 Å². The summed E-state index contributed by atoms with van der Waals surface area (Å²) in [7, 11) is 1.19. The summed E-state index contributed by atoms with van der Waals surface area (Å²) in [5.41, 5.74) is 0. The van der Waals surface area contributed by atoms with Gasteiger partial charge in [-0.15, -0.1) is 0 Å². The molecule has 0 saturated heterocycles. The van der Waals surface area contributed by atoms with Crippen LogP contribution >= 0.6 is 7.82 Å². The normalized spacial score (nSPS) is 13.9. The van der Waals surface area contributed by atoms with E-state index in [0.29, 0.717) is 17.4 Å². The van der Waals surface area contributed by atoms with Gasteiger partial charge in [0.25, 0.3) is 7.82 Å². The fourth-order valence-corrected chi connectivity index (χ4v) is 10.8. The van der Waals surface area contributed by atoms with Crippen LogP contribution in [0.15, 0.2) is 60.8 Å². The summed E-state index contributed by atoms with van der Waals surface area (Å²) in [6, 6.07) is -0.891. The van der Waals surface area contributed by atoms with E-state index >= 15 is 0 Å². The van der Waals surface area contributed by atoms with E-state index in [9.17, 15) is 19.0 Å². The van der Waals surface area contributed by atoms with Crippen molar-refractivity contribution in [3.05, 3.63) is 60.8 Å². The Morgan fingerprint density at radius 2 is 0.753 bits per heavy atom. The minimum Gasteiger partial charge on any atom is -0.756 e. The first-order chi connectivity index (χ1) is 39.4. The average molecular weight is 1160 g/mol. The number of rotatable bonds is 63. The molecule has 0 aromatic carbocycles. The van der Waals surface area contributed by atoms with Crippen LogP contribution in [0, 0.1) is 0 Å². The van der Waals surface area contributed by atoms with Gasteiger partial charge in [-0.25, -0.2) is 0 Å². The SMILES string of the molecule is CCCCC/C=C\C/C=C\C/C=C\CCCCCCCCCCCCC(=O)NC(COP(=O)([O-])OCC[N+](C)(C)C)C(/C=C/CCCCCCCCCCC)OC(=O)CCCCCCCCCCCCC/C=C/CCCCCCCC. The van der Waals surface area contributed by atoms with Crippen molar-refractivity contribution in [3.8, 4) is 0 Å². The predicted octanol–water partition coefficient (Wildman–Crippen LogP) is 21.2. The predicted molar refractivity (Wildman–Crippen MR) is 349 cm³/mol. The zero-order chi connectivity index (χ0) is 59.3. The van der Waals surface area contributed by atoms with Gasteiger partial charge in [-0.05, 0) is 96.0 Å². The van der Waals surface area contributed by atoms with Crippen LogP contribution in [0.1, 0.15) is 329 Å². The molecule has 0 saturated carbocycles. The Labute approximate surface area is 502 Å². The Hall–Kier alpha value is -2.29. The van der Waals surface area contributed by atoms with Gasteiger partial charge in [0.15, 0.2) is 0 Å². The first-order valence-electron chi connectivity index (χ1n) is 34.6. The minimum absolute atomic E-state index is 0.0234. The van der Waals surface area contributed by atoms with Gasteiger partial charge in [-0.1, -0.05) is 281 Å². The maximum atomic E-state index is 13.6. The monoisotopic (exact) mass is 1160 g/mol. The number of ether oxygens (including phenoxy) is 1. The van der Waals surface area contributed by atoms with Gasteiger partial charge in [0, 0.05) is 12.8 Å². The molecule has 0 radical (unpaired) electrons. The smallest absolute Gasteiger partial charge is 0.306 e. The van der Waals surface area contributed by atoms with Gasteiger partial charge in [-0.2, -0.15) is 0 Å². The number of hydrogen-bond donors (Lipinski definition) is 1. The summed E-state index contributed by atoms with van der Waals surface area (Å²) in [5.74, 6) is -0.536. The number of nitrogens with zero attached hydrogens (tertiary/aromatic N) is 1. The number of amides is 1. The highest BCUT2D eigenvalue weighted by Crippen LogP contribution is 2.38. The van der Waals surface area contributed by atoms with Crippen LogP contribution in [0.4, 0.5) is 0 Å². The standard InChI is InChI=1S/C71H133N2O7P/c1-7-10-13-16-19-22-25-27-29-31-33-35-36-38-39-41-43-45-48-51-54-57-60-63-70(74)72-68(67-79-81(76,77)78-66-65-73(4,5)6)69(62-59-56-53-50-47-24-21-18-15-12-9-3)80-71(75)64-61-58-55-52-49-46-44-42-40-37-34-32-30-28-26-23-20-17-14-11-8-2/h19,22,27-30,33,35,59,62,68-69H,7-18,20-21,23-26,31-32,34,36-58,60-61,63-67H2,1-6H3,(H-,72,74,76,77)/b22-19-,29-27-,30-28+,35-33-,62-59+. The highest BCUT2D eigenvalue weighted by molar-refractivity contribution is 7.45. The number of unbranched alkanes of at least 4 members (excludes halogenated alkanes) is 39. The summed E-state index contributed by atoms with van der Waals surface area (Å²) in [4.78, 5) is 40.1. The van der Waals surface area contributed by atoms with Gasteiger partial charge in [0.2, 0.25) is 5.91 Å². The topological polar surface area (TPSA) is 114 Å². The molecule has 0 rings (SSSR count). The number of quaternary nitrogens is 1. The third kappa shape index (κ3) is 62.1. The highest BCUT2D eigenvalue weighted by atomic mass is 31.2. The van der Waals surface area contributed by atoms with Crippen LogP contribution in [-0.4, -0.2) is 69.4 Å². The second-order valence-corrected chi connectivity index (χ2v) is 26.1. The number of carbonyl (C=O) groups is 2. The van der Waals surface area contributed by atoms with Gasteiger partial charge >= 0.3 is 5.97 Å². The van der Waals surface area contributed by atoms with Crippen molar-refractivity contribution in [3.63, 3.8) is 0 Å². The summed E-state index contributed by atoms with van der Waals surface area (Å²) < 4.78 is 30.4. The van der Waals surface area contributed by atoms with E-state index in [0.717, 1.165) is 83.5 Å². The van der Waals surface area contributed by atoms with E-state index in [1.165, 1.54) is 212 Å². The Kier molecular flexibility index (Phi) is 59.1. The molecular formula is C71H133N2O7P. The maximum Gasteiger partial charge on any atom is 0.306 e. The lowest BCUT2D eigenvalue weighted by Gasteiger charge is -2.30. The molecule has 0 heterocycles. The van der Waals surface area contributed by atoms with Crippen molar-refractivity contribution in [1.29, 1.82) is 0 Å². The highest BCUT2D eigenvalue weighted by Gasteiger charge is 2.27. The lowest BCUT2D eigenvalue weighted by atomic mass is 10.0. The minimum atomic E-state index is -4.70. The molecule has 1 N–H and O–H groups in total. The van der Waals surface area contributed by atoms with Crippen molar-refractivity contribution < 1.29 is 37.3 Å². The zero-order valence-electron chi connectivity index (χ0n) is 54.2. The Morgan fingerprint density at radius 3 is 1.16 bits per heavy atom. The molecule has 3 atom stereocenters. The van der Waals surface area contributed by atoms with Crippen LogP contribution in [0.5, 0.6) is 0 Å². The molecule has 1 amide bonds. The number of likely N-dealkylation sites (N-methyl/N-ethyl adjacent to an activating group) is 1. The summed E-state index contributed by atoms with van der Waals surface area (Å²) in [6.45, 7) is 6.84. The van der Waals surface area contributed by atoms with Crippen molar-refractivity contribution in [1.82, 2.24) is 5.32 Å². The first kappa shape index (κ1) is 78.7. The number of carbonyl (C=O) groups excluding carboxylic acids is 2. The molecule has 0 bridgehead atoms. The number of phosphoric acid groups is 1. The fraction of sp³-hybridized carbons (Fsp3) is 0.831. The first-order valence-corrected chi connectivity index (χ1v) is 36.1. The zero-order valence-corrected chi connectivity index (χ0v) is 55.1. The van der Waals surface area contributed by atoms with Gasteiger partial charge in [0.05, 0.1) is 33.8 Å². The third-order valence-corrected chi connectivity index (χ3v) is 16.4. The molecule has 3 unspecified atom stereocenters. The number of allylic oxidation sites excluding steroid dienone is 9. The molecule has 474 valence electrons. The van der Waals surface area contributed by atoms with E-state index in [1.807, 2.05) is 33.3 Å². The van der Waals surface area contributed by atoms with E-state index in [4.69, 9.17) is 13.8 Å². The van der Waals surface area contributed by atoms with Crippen molar-refractivity contribution in [2.24, 2.45) is 0 Å². The van der Waals surface area contributed by atoms with Gasteiger partial charge in [-0.3, -0.25) is 14.2 Å². The Morgan fingerprint density at radius 1 is 0.432 bits per heavy atom. The van der Waals surface area contributed by atoms with E-state index in [-0.39, 0.29) is 31.5 Å². The van der Waals surface area contributed by atoms with Crippen molar-refractivity contribution in [2.75, 3.05) is 40.9 Å². The summed E-state index contributed by atoms with van der Waals surface area (Å²) >= 11 is 0. The summed E-state index contributed by atoms with van der Waals surface area (Å²) in [5, 5.41) is 3.04. The maximum absolute atomic E-state index is 13.6. The molecule has 0 aromatic heterocycles. The fourth-order valence-electron chi connectivity index (χ4n) is 10.1. The van der Waals surface area contributed by atoms with Gasteiger partial charge in [0.1, 0.15) is 19.3 Å². The second kappa shape index (κ2) is 60.8. The van der Waals surface area contributed by atoms with Crippen molar-refractivity contribution >= 4 is 19.7 Å². The molecule has 0 fully saturated rings. The molecule has 0 aliphatic rings. The Bertz CT molecular complexity index is 1570. The number of esters is 1. The average Bonchev–Trinajstić information content (AvgIpc) is 3.43. The third-order valence-electron chi connectivity index (χ3n) is 15.4. The molecule has 0 aliphatic carbocycles. The molecule has 0 aromatic rings. The molecule has 0 aliphatic heterocycles. The van der Waals surface area contributed by atoms with Crippen molar-refractivity contribution in [2.45, 2.75) is 341 Å². The molecular weight excluding hydrogens is 1020 g/mol. The molecule has 9 nitrogen and oxygen atoms in total.